The molecule has 17 rings (SSSR count). The maximum absolute atomic E-state index is 11.8. The van der Waals surface area contributed by atoms with Crippen molar-refractivity contribution in [2.24, 2.45) is 16.3 Å². The van der Waals surface area contributed by atoms with Crippen molar-refractivity contribution in [3.63, 3.8) is 0 Å². The van der Waals surface area contributed by atoms with E-state index in [1.54, 1.807) is 57.2 Å². The number of hydrogen-bond donors (Lipinski definition) is 7. The van der Waals surface area contributed by atoms with E-state index in [0.717, 1.165) is 65.1 Å². The van der Waals surface area contributed by atoms with Gasteiger partial charge in [-0.05, 0) is 218 Å². The van der Waals surface area contributed by atoms with Crippen molar-refractivity contribution in [3.8, 4) is 17.2 Å². The predicted octanol–water partition coefficient (Wildman–Crippen LogP) is 25.4. The van der Waals surface area contributed by atoms with Crippen LogP contribution in [-0.4, -0.2) is 141 Å². The number of fused-ring (bicyclic) bond motifs is 5. The number of carbonyl (C=O) groups is 7. The molecule has 3 aliphatic heterocycles. The molecular formula is C107H126Br3N7O23S4Si. The summed E-state index contributed by atoms with van der Waals surface area (Å²) < 4.78 is 35.0. The molecule has 5 aromatic heterocycles. The molecule has 3 fully saturated rings. The minimum Gasteiger partial charge on any atom is -0.507 e. The molecule has 8 heterocycles. The second-order valence-electron chi connectivity index (χ2n) is 32.4. The van der Waals surface area contributed by atoms with Gasteiger partial charge in [-0.3, -0.25) is 33.7 Å². The zero-order valence-corrected chi connectivity index (χ0v) is 92.4. The molecular weight excluding hydrogens is 2150 g/mol. The number of aromatic hydroxyl groups is 3. The van der Waals surface area contributed by atoms with Crippen LogP contribution in [0.2, 0.25) is 19.6 Å². The van der Waals surface area contributed by atoms with Crippen LogP contribution in [0.3, 0.4) is 0 Å². The molecule has 38 heteroatoms. The summed E-state index contributed by atoms with van der Waals surface area (Å²) in [6.45, 7) is 30.9. The number of phenols is 3. The Kier molecular flexibility index (Phi) is 59.6. The topological polar surface area (TPSA) is 433 Å². The number of carboxylic acid groups (broad SMARTS) is 1. The van der Waals surface area contributed by atoms with E-state index in [4.69, 9.17) is 64.9 Å². The number of benzene rings is 9. The summed E-state index contributed by atoms with van der Waals surface area (Å²) in [6, 6.07) is 81.5. The van der Waals surface area contributed by atoms with E-state index >= 15 is 0 Å². The maximum atomic E-state index is 11.8. The summed E-state index contributed by atoms with van der Waals surface area (Å²) in [5.41, 5.74) is 11.3. The summed E-state index contributed by atoms with van der Waals surface area (Å²) in [5.74, 6) is 1.79. The maximum Gasteiger partial charge on any atom is 0.417 e. The summed E-state index contributed by atoms with van der Waals surface area (Å²) in [7, 11) is -1.46. The smallest absolute Gasteiger partial charge is 0.417 e. The Morgan fingerprint density at radius 3 is 1.28 bits per heavy atom. The molecule has 3 atom stereocenters. The van der Waals surface area contributed by atoms with Gasteiger partial charge in [-0.25, -0.2) is 38.5 Å². The normalized spacial score (nSPS) is 12.7. The molecule has 30 nitrogen and oxygen atoms in total. The van der Waals surface area contributed by atoms with Crippen LogP contribution in [-0.2, 0) is 99.7 Å². The van der Waals surface area contributed by atoms with Crippen LogP contribution < -0.4 is 22.5 Å². The van der Waals surface area contributed by atoms with Gasteiger partial charge in [-0.15, -0.1) is 45.3 Å². The molecule has 3 saturated heterocycles. The second kappa shape index (κ2) is 69.0. The molecule has 5 amide bonds. The highest BCUT2D eigenvalue weighted by molar-refractivity contribution is 9.09. The number of carboxylic acids is 1. The van der Waals surface area contributed by atoms with Gasteiger partial charge in [0.15, 0.2) is 19.4 Å². The van der Waals surface area contributed by atoms with Gasteiger partial charge in [0.05, 0.1) is 70.8 Å². The van der Waals surface area contributed by atoms with Crippen molar-refractivity contribution in [1.82, 2.24) is 18.4 Å². The van der Waals surface area contributed by atoms with Crippen LogP contribution in [0.5, 0.6) is 17.2 Å². The van der Waals surface area contributed by atoms with E-state index in [0.29, 0.717) is 42.4 Å². The van der Waals surface area contributed by atoms with Crippen LogP contribution in [0.25, 0.3) is 51.3 Å². The number of nitrogens with two attached hydrogens (primary N) is 2. The number of hydrogen-bond acceptors (Lipinski definition) is 29. The molecule has 145 heavy (non-hydrogen) atoms. The van der Waals surface area contributed by atoms with Gasteiger partial charge in [-0.2, -0.15) is 24.1 Å². The van der Waals surface area contributed by atoms with Gasteiger partial charge in [-0.1, -0.05) is 206 Å². The molecule has 0 spiro atoms. The zero-order chi connectivity index (χ0) is 107. The van der Waals surface area contributed by atoms with Crippen molar-refractivity contribution in [2.45, 2.75) is 177 Å². The molecule has 3 aliphatic rings. The number of primary amides is 1. The Morgan fingerprint density at radius 2 is 0.938 bits per heavy atom. The van der Waals surface area contributed by atoms with E-state index < -0.39 is 43.7 Å². The SMILES string of the molecule is C1CCOC1.C1CCOC1.CC(=O)O.CC(=O)c1c(O)cccc1O.CC(Br)c1cc2ccccc2s1.CC(NOCc1ccccc1)c1cc2ccccc2s1.CC(c1cc2ccccc2s1)N(OCc1ccccc1)C(N)=O.CC1(C)C(=O)N(Br)C(=O)N1Br.CCOC(=O)C(=O)OCC.CCc1cc(=O)c2c(O)cccc2o1.CCc1cc2ccccc2s1.C[Si](C)(C)N=C=O.NOCc1ccccc1.O=C=O. The van der Waals surface area contributed by atoms with Crippen molar-refractivity contribution in [2.75, 3.05) is 39.6 Å². The number of halogens is 3. The molecule has 0 radical (unpaired) electrons. The van der Waals surface area contributed by atoms with E-state index in [-0.39, 0.29) is 76.8 Å². The lowest BCUT2D eigenvalue weighted by atomic mass is 10.1. The fourth-order valence-corrected chi connectivity index (χ4v) is 18.1. The van der Waals surface area contributed by atoms with E-state index in [1.165, 1.54) is 127 Å². The summed E-state index contributed by atoms with van der Waals surface area (Å²) in [4.78, 5) is 133. The highest BCUT2D eigenvalue weighted by Gasteiger charge is 2.50. The van der Waals surface area contributed by atoms with Crippen molar-refractivity contribution < 1.29 is 106 Å². The number of aliphatic carboxylic acids is 1. The molecule has 0 aliphatic carbocycles. The number of aryl methyl sites for hydroxylation is 2. The van der Waals surface area contributed by atoms with Crippen LogP contribution >= 0.6 is 93.6 Å². The fraction of sp³-hybridized carbons (Fsp3) is 0.308. The molecule has 9 aromatic carbocycles. The number of ketones is 1. The number of rotatable bonds is 19. The third-order valence-electron chi connectivity index (χ3n) is 19.4. The number of ether oxygens (including phenoxy) is 4. The summed E-state index contributed by atoms with van der Waals surface area (Å²) in [6.07, 6.45) is 8.73. The first-order chi connectivity index (χ1) is 69.2. The molecule has 0 saturated carbocycles. The number of nitrogens with one attached hydrogen (secondary N) is 1. The van der Waals surface area contributed by atoms with Gasteiger partial charge in [0.25, 0.3) is 11.9 Å². The Morgan fingerprint density at radius 1 is 0.545 bits per heavy atom. The van der Waals surface area contributed by atoms with Crippen molar-refractivity contribution >= 4 is 207 Å². The number of hydroxylamine groups is 3. The van der Waals surface area contributed by atoms with Crippen LogP contribution in [0.1, 0.15) is 171 Å². The van der Waals surface area contributed by atoms with Gasteiger partial charge in [0.2, 0.25) is 6.08 Å². The minimum atomic E-state index is -1.46. The number of urea groups is 2. The molecule has 9 N–H and O–H groups in total. The second-order valence-corrected chi connectivity index (χ2v) is 44.2. The standard InChI is InChI=1S/C18H18N2O2S.C17H17NOS.C11H10O3.C10H9BrS.C10H10S.C8H8O3.C7H9NO.C6H10O4.C5H6Br2N2O2.C4H9NOSi.2C4H8O.C2H4O2.CO2/c1-13(17-11-15-9-5-6-10-16(15)23-17)20(18(19)21)22-12-14-7-3-2-4-8-14;1-13(18-19-12-14-7-3-2-4-8-14)17-11-15-9-5-6-10-16(15)20-17;1-2-7-6-9(13)11-8(12)4-3-5-10(11)14-7;1-7(11)10-6-8-4-2-3-5-9(8)12-10;1-2-9-7-8-5-3-4-6-10(8)11-9;1-5(9)8-6(10)3-2-4-7(8)11;8-9-6-7-4-2-1-3-5-7;1-3-9-5(7)6(8)10-4-2;1-5(2)3(10)8(6)4(11)9(5)7;1-7(2,3)5-4-6;2*1-2-4-5-3-1;1-2(3)4;2-1-3/h2-11,13H,12H2,1H3,(H2,19,21);2-11,13,18H,12H2,1H3;3-6,12H,2H2,1H3;2-7H,1H3;3-7H,2H2,1H3;2-4,10-11H,1H3;1-5H,6,8H2;3-4H2,1-2H3;1-2H3;1-3H3;2*1-4H2;1H3,(H,3,4);. The summed E-state index contributed by atoms with van der Waals surface area (Å²) >= 11 is 16.6. The van der Waals surface area contributed by atoms with Gasteiger partial charge in [0.1, 0.15) is 51.7 Å². The third-order valence-corrected chi connectivity index (χ3v) is 27.9. The molecule has 3 unspecified atom stereocenters. The largest absolute Gasteiger partial charge is 0.507 e. The Balaban J connectivity index is 0.000000334. The molecule has 14 aromatic rings. The Labute approximate surface area is 887 Å². The minimum absolute atomic E-state index is 0.0208. The number of thiophene rings is 4. The zero-order valence-electron chi connectivity index (χ0n) is 83.3. The highest BCUT2D eigenvalue weighted by Crippen LogP contribution is 2.37. The highest BCUT2D eigenvalue weighted by atomic mass is 79.9. The van der Waals surface area contributed by atoms with E-state index in [1.807, 2.05) is 158 Å². The van der Waals surface area contributed by atoms with E-state index in [9.17, 15) is 43.5 Å². The van der Waals surface area contributed by atoms with Gasteiger partial charge < -0.3 is 49.5 Å². The van der Waals surface area contributed by atoms with Crippen LogP contribution in [0.4, 0.5) is 9.59 Å². The fourth-order valence-electron chi connectivity index (χ4n) is 12.2. The quantitative estimate of drug-likeness (QED) is 0.00378. The number of amides is 5. The number of Topliss-reactive ketones (excluding diaryl/α,β-unsaturated/α-hetero) is 1. The number of imide groups is 1. The average molecular weight is 2270 g/mol. The number of alkyl halides is 1. The van der Waals surface area contributed by atoms with Crippen LogP contribution in [0.15, 0.2) is 269 Å². The van der Waals surface area contributed by atoms with Crippen molar-refractivity contribution in [1.29, 1.82) is 0 Å². The number of carbonyl (C=O) groups excluding carboxylic acids is 9. The lowest BCUT2D eigenvalue weighted by Gasteiger charge is -2.25. The van der Waals surface area contributed by atoms with Crippen LogP contribution in [0, 0.1) is 0 Å². The first-order valence-corrected chi connectivity index (χ1v) is 54.9. The number of esters is 2. The average Bonchev–Trinajstić information content (AvgIpc) is 1.65. The number of isocyanates is 1. The third kappa shape index (κ3) is 46.8. The van der Waals surface area contributed by atoms with Gasteiger partial charge in [0, 0.05) is 89.0 Å². The van der Waals surface area contributed by atoms with E-state index in [2.05, 4.69) is 215 Å². The first-order valence-electron chi connectivity index (χ1n) is 45.9. The predicted molar refractivity (Wildman–Crippen MR) is 586 cm³/mol. The van der Waals surface area contributed by atoms with Crippen molar-refractivity contribution in [3.05, 3.63) is 313 Å². The lowest BCUT2D eigenvalue weighted by Crippen LogP contribution is -2.37. The lowest BCUT2D eigenvalue weighted by molar-refractivity contribution is -0.191. The summed E-state index contributed by atoms with van der Waals surface area (Å²) in [5, 5.41) is 41.7. The Hall–Kier alpha value is -12.1. The Bertz CT molecular complexity index is 6210. The number of phenolic OH excluding ortho intramolecular Hbond substituents is 3. The van der Waals surface area contributed by atoms with Gasteiger partial charge >= 0.3 is 30.2 Å². The number of nitrogens with zero attached hydrogens (tertiary/aromatic N) is 4. The first kappa shape index (κ1) is 125. The molecule has 0 bridgehead atoms. The monoisotopic (exact) mass is 2270 g/mol. The molecule has 776 valence electrons.